The van der Waals surface area contributed by atoms with Crippen LogP contribution in [-0.4, -0.2) is 20.1 Å². The maximum Gasteiger partial charge on any atom is 0.0366 e. The first-order valence-electron chi connectivity index (χ1n) is 8.08. The lowest BCUT2D eigenvalue weighted by molar-refractivity contribution is 0.325. The third-order valence-corrected chi connectivity index (χ3v) is 4.76. The standard InChI is InChI=1S/C18H30N2/c1-5-17(19-4)15-7-9-16(10-8-15)20-13-6-11-18(2,3)12-14-20/h7-10,17,19H,5-6,11-14H2,1-4H3. The van der Waals surface area contributed by atoms with Crippen molar-refractivity contribution in [3.63, 3.8) is 0 Å². The van der Waals surface area contributed by atoms with E-state index in [0.29, 0.717) is 11.5 Å². The zero-order chi connectivity index (χ0) is 14.6. The quantitative estimate of drug-likeness (QED) is 0.877. The summed E-state index contributed by atoms with van der Waals surface area (Å²) < 4.78 is 0. The average molecular weight is 274 g/mol. The highest BCUT2D eigenvalue weighted by atomic mass is 15.1. The predicted molar refractivity (Wildman–Crippen MR) is 88.4 cm³/mol. The number of benzene rings is 1. The molecule has 0 amide bonds. The van der Waals surface area contributed by atoms with Crippen LogP contribution in [0.15, 0.2) is 24.3 Å². The molecule has 1 aromatic carbocycles. The smallest absolute Gasteiger partial charge is 0.0366 e. The summed E-state index contributed by atoms with van der Waals surface area (Å²) in [6.45, 7) is 9.42. The van der Waals surface area contributed by atoms with Gasteiger partial charge in [-0.1, -0.05) is 32.9 Å². The molecular weight excluding hydrogens is 244 g/mol. The highest BCUT2D eigenvalue weighted by Crippen LogP contribution is 2.32. The van der Waals surface area contributed by atoms with Gasteiger partial charge in [-0.3, -0.25) is 0 Å². The van der Waals surface area contributed by atoms with E-state index >= 15 is 0 Å². The number of nitrogens with zero attached hydrogens (tertiary/aromatic N) is 1. The lowest BCUT2D eigenvalue weighted by Crippen LogP contribution is -2.25. The Morgan fingerprint density at radius 2 is 1.85 bits per heavy atom. The van der Waals surface area contributed by atoms with Gasteiger partial charge in [0, 0.05) is 24.8 Å². The summed E-state index contributed by atoms with van der Waals surface area (Å²) in [6.07, 6.45) is 5.08. The van der Waals surface area contributed by atoms with E-state index in [0.717, 1.165) is 6.42 Å². The zero-order valence-corrected chi connectivity index (χ0v) is 13.6. The molecule has 2 heteroatoms. The van der Waals surface area contributed by atoms with Crippen LogP contribution >= 0.6 is 0 Å². The minimum atomic E-state index is 0.479. The van der Waals surface area contributed by atoms with Gasteiger partial charge in [0.25, 0.3) is 0 Å². The molecule has 2 rings (SSSR count). The number of hydrogen-bond donors (Lipinski definition) is 1. The van der Waals surface area contributed by atoms with Gasteiger partial charge in [-0.25, -0.2) is 0 Å². The molecule has 20 heavy (non-hydrogen) atoms. The summed E-state index contributed by atoms with van der Waals surface area (Å²) in [5.74, 6) is 0. The number of nitrogens with one attached hydrogen (secondary N) is 1. The maximum atomic E-state index is 3.37. The van der Waals surface area contributed by atoms with Crippen LogP contribution in [0.25, 0.3) is 0 Å². The molecule has 0 aromatic heterocycles. The van der Waals surface area contributed by atoms with Crippen LogP contribution < -0.4 is 10.2 Å². The molecule has 0 spiro atoms. The molecule has 1 aliphatic rings. The summed E-state index contributed by atoms with van der Waals surface area (Å²) in [5.41, 5.74) is 3.29. The number of rotatable bonds is 4. The van der Waals surface area contributed by atoms with E-state index in [-0.39, 0.29) is 0 Å². The van der Waals surface area contributed by atoms with Crippen LogP contribution in [0.4, 0.5) is 5.69 Å². The molecule has 0 aliphatic carbocycles. The lowest BCUT2D eigenvalue weighted by Gasteiger charge is -2.25. The highest BCUT2D eigenvalue weighted by molar-refractivity contribution is 5.48. The van der Waals surface area contributed by atoms with Gasteiger partial charge in [0.1, 0.15) is 0 Å². The molecule has 1 fully saturated rings. The van der Waals surface area contributed by atoms with Gasteiger partial charge in [0.05, 0.1) is 0 Å². The molecule has 0 bridgehead atoms. The minimum Gasteiger partial charge on any atom is -0.372 e. The van der Waals surface area contributed by atoms with E-state index in [4.69, 9.17) is 0 Å². The third kappa shape index (κ3) is 3.76. The first kappa shape index (κ1) is 15.4. The van der Waals surface area contributed by atoms with E-state index < -0.39 is 0 Å². The summed E-state index contributed by atoms with van der Waals surface area (Å²) in [6, 6.07) is 9.65. The topological polar surface area (TPSA) is 15.3 Å². The molecular formula is C18H30N2. The van der Waals surface area contributed by atoms with E-state index in [1.54, 1.807) is 0 Å². The molecule has 1 atom stereocenters. The Morgan fingerprint density at radius 1 is 1.15 bits per heavy atom. The van der Waals surface area contributed by atoms with Crippen molar-refractivity contribution in [2.24, 2.45) is 5.41 Å². The van der Waals surface area contributed by atoms with Crippen molar-refractivity contribution in [2.45, 2.75) is 52.5 Å². The van der Waals surface area contributed by atoms with Gasteiger partial charge >= 0.3 is 0 Å². The molecule has 1 saturated heterocycles. The molecule has 0 saturated carbocycles. The van der Waals surface area contributed by atoms with Crippen LogP contribution in [0.2, 0.25) is 0 Å². The molecule has 1 aromatic rings. The largest absolute Gasteiger partial charge is 0.372 e. The van der Waals surface area contributed by atoms with Gasteiger partial charge in [-0.05, 0) is 55.8 Å². The van der Waals surface area contributed by atoms with E-state index in [1.807, 2.05) is 7.05 Å². The summed E-state index contributed by atoms with van der Waals surface area (Å²) in [5, 5.41) is 3.37. The Balaban J connectivity index is 2.06. The monoisotopic (exact) mass is 274 g/mol. The summed E-state index contributed by atoms with van der Waals surface area (Å²) in [4.78, 5) is 2.55. The SMILES string of the molecule is CCC(NC)c1ccc(N2CCCC(C)(C)CC2)cc1. The van der Waals surface area contributed by atoms with Crippen LogP contribution in [0.5, 0.6) is 0 Å². The van der Waals surface area contributed by atoms with Crippen LogP contribution in [-0.2, 0) is 0 Å². The molecule has 1 unspecified atom stereocenters. The van der Waals surface area contributed by atoms with Gasteiger partial charge in [-0.15, -0.1) is 0 Å². The van der Waals surface area contributed by atoms with Crippen molar-refractivity contribution < 1.29 is 0 Å². The first-order chi connectivity index (χ1) is 9.55. The molecule has 112 valence electrons. The maximum absolute atomic E-state index is 3.37. The summed E-state index contributed by atoms with van der Waals surface area (Å²) >= 11 is 0. The van der Waals surface area contributed by atoms with Crippen LogP contribution in [0.3, 0.4) is 0 Å². The van der Waals surface area contributed by atoms with Crippen LogP contribution in [0, 0.1) is 5.41 Å². The Labute approximate surface area is 124 Å². The molecule has 2 nitrogen and oxygen atoms in total. The lowest BCUT2D eigenvalue weighted by atomic mass is 9.85. The van der Waals surface area contributed by atoms with Gasteiger partial charge in [-0.2, -0.15) is 0 Å². The molecule has 1 heterocycles. The fraction of sp³-hybridized carbons (Fsp3) is 0.667. The van der Waals surface area contributed by atoms with Crippen molar-refractivity contribution in [3.8, 4) is 0 Å². The van der Waals surface area contributed by atoms with Crippen LogP contribution in [0.1, 0.15) is 58.1 Å². The molecule has 1 N–H and O–H groups in total. The van der Waals surface area contributed by atoms with E-state index in [2.05, 4.69) is 55.3 Å². The van der Waals surface area contributed by atoms with Crippen molar-refractivity contribution in [1.82, 2.24) is 5.32 Å². The Kier molecular flexibility index (Phi) is 5.09. The van der Waals surface area contributed by atoms with Gasteiger partial charge in [0.15, 0.2) is 0 Å². The Hall–Kier alpha value is -1.02. The second-order valence-electron chi connectivity index (χ2n) is 6.85. The predicted octanol–water partition coefficient (Wildman–Crippen LogP) is 4.37. The highest BCUT2D eigenvalue weighted by Gasteiger charge is 2.23. The zero-order valence-electron chi connectivity index (χ0n) is 13.6. The van der Waals surface area contributed by atoms with Crippen molar-refractivity contribution in [3.05, 3.63) is 29.8 Å². The first-order valence-corrected chi connectivity index (χ1v) is 8.08. The van der Waals surface area contributed by atoms with Crippen molar-refractivity contribution in [1.29, 1.82) is 0 Å². The second-order valence-corrected chi connectivity index (χ2v) is 6.85. The molecule has 1 aliphatic heterocycles. The molecule has 0 radical (unpaired) electrons. The van der Waals surface area contributed by atoms with E-state index in [1.165, 1.54) is 43.6 Å². The number of hydrogen-bond acceptors (Lipinski definition) is 2. The third-order valence-electron chi connectivity index (χ3n) is 4.76. The summed E-state index contributed by atoms with van der Waals surface area (Å²) in [7, 11) is 2.04. The van der Waals surface area contributed by atoms with Crippen molar-refractivity contribution in [2.75, 3.05) is 25.0 Å². The van der Waals surface area contributed by atoms with Gasteiger partial charge in [0.2, 0.25) is 0 Å². The number of anilines is 1. The fourth-order valence-corrected chi connectivity index (χ4v) is 3.21. The average Bonchev–Trinajstić information content (AvgIpc) is 2.62. The second kappa shape index (κ2) is 6.62. The minimum absolute atomic E-state index is 0.479. The van der Waals surface area contributed by atoms with Crippen molar-refractivity contribution >= 4 is 5.69 Å². The van der Waals surface area contributed by atoms with Gasteiger partial charge < -0.3 is 10.2 Å². The normalized spacial score (nSPS) is 20.5. The Bertz CT molecular complexity index is 404. The van der Waals surface area contributed by atoms with E-state index in [9.17, 15) is 0 Å². The Morgan fingerprint density at radius 3 is 2.45 bits per heavy atom. The fourth-order valence-electron chi connectivity index (χ4n) is 3.21.